The minimum absolute atomic E-state index is 0.321. The SMILES string of the molecule is CC(C)CN(c1c(N)cccc1C(=O)O)C1CCCCC1. The maximum atomic E-state index is 11.6. The summed E-state index contributed by atoms with van der Waals surface area (Å²) in [6, 6.07) is 5.59. The van der Waals surface area contributed by atoms with E-state index < -0.39 is 5.97 Å². The number of rotatable bonds is 5. The zero-order chi connectivity index (χ0) is 15.4. The van der Waals surface area contributed by atoms with Crippen LogP contribution in [0.25, 0.3) is 0 Å². The fraction of sp³-hybridized carbons (Fsp3) is 0.588. The van der Waals surface area contributed by atoms with E-state index in [9.17, 15) is 9.90 Å². The molecule has 1 fully saturated rings. The van der Waals surface area contributed by atoms with Crippen molar-refractivity contribution in [1.82, 2.24) is 0 Å². The van der Waals surface area contributed by atoms with Gasteiger partial charge in [0.25, 0.3) is 0 Å². The molecule has 4 heteroatoms. The molecule has 4 nitrogen and oxygen atoms in total. The van der Waals surface area contributed by atoms with Crippen LogP contribution in [-0.2, 0) is 0 Å². The molecule has 0 saturated heterocycles. The van der Waals surface area contributed by atoms with Crippen molar-refractivity contribution in [3.8, 4) is 0 Å². The average Bonchev–Trinajstić information content (AvgIpc) is 2.45. The maximum Gasteiger partial charge on any atom is 0.337 e. The molecule has 21 heavy (non-hydrogen) atoms. The van der Waals surface area contributed by atoms with Crippen molar-refractivity contribution in [2.45, 2.75) is 52.0 Å². The molecule has 0 bridgehead atoms. The van der Waals surface area contributed by atoms with E-state index in [1.54, 1.807) is 18.2 Å². The number of carboxylic acid groups (broad SMARTS) is 1. The van der Waals surface area contributed by atoms with Gasteiger partial charge in [0.15, 0.2) is 0 Å². The molecule has 1 aromatic rings. The summed E-state index contributed by atoms with van der Waals surface area (Å²) < 4.78 is 0. The van der Waals surface area contributed by atoms with Crippen molar-refractivity contribution >= 4 is 17.3 Å². The Labute approximate surface area is 126 Å². The number of nitrogens with two attached hydrogens (primary N) is 1. The largest absolute Gasteiger partial charge is 0.478 e. The van der Waals surface area contributed by atoms with E-state index in [-0.39, 0.29) is 0 Å². The standard InChI is InChI=1S/C17H26N2O2/c1-12(2)11-19(13-7-4-3-5-8-13)16-14(17(20)21)9-6-10-15(16)18/h6,9-10,12-13H,3-5,7-8,11,18H2,1-2H3,(H,20,21). The number of benzene rings is 1. The number of carboxylic acids is 1. The van der Waals surface area contributed by atoms with Crippen molar-refractivity contribution in [3.63, 3.8) is 0 Å². The second kappa shape index (κ2) is 6.83. The Morgan fingerprint density at radius 2 is 2.00 bits per heavy atom. The third-order valence-corrected chi connectivity index (χ3v) is 4.16. The molecule has 2 rings (SSSR count). The van der Waals surface area contributed by atoms with Gasteiger partial charge in [-0.25, -0.2) is 4.79 Å². The van der Waals surface area contributed by atoms with Gasteiger partial charge in [0, 0.05) is 12.6 Å². The molecule has 0 spiro atoms. The minimum Gasteiger partial charge on any atom is -0.478 e. The maximum absolute atomic E-state index is 11.6. The highest BCUT2D eigenvalue weighted by molar-refractivity contribution is 5.98. The lowest BCUT2D eigenvalue weighted by Gasteiger charge is -2.38. The molecule has 0 radical (unpaired) electrons. The molecule has 1 saturated carbocycles. The van der Waals surface area contributed by atoms with Gasteiger partial charge in [-0.2, -0.15) is 0 Å². The molecule has 1 aromatic carbocycles. The van der Waals surface area contributed by atoms with E-state index in [0.29, 0.717) is 28.9 Å². The number of aromatic carboxylic acids is 1. The third-order valence-electron chi connectivity index (χ3n) is 4.16. The first-order valence-electron chi connectivity index (χ1n) is 7.89. The number of nitrogen functional groups attached to an aromatic ring is 1. The van der Waals surface area contributed by atoms with Crippen LogP contribution in [0.2, 0.25) is 0 Å². The Morgan fingerprint density at radius 1 is 1.33 bits per heavy atom. The highest BCUT2D eigenvalue weighted by Gasteiger charge is 2.27. The fourth-order valence-electron chi connectivity index (χ4n) is 3.26. The quantitative estimate of drug-likeness (QED) is 0.810. The number of para-hydroxylation sites is 1. The van der Waals surface area contributed by atoms with Crippen LogP contribution in [0.5, 0.6) is 0 Å². The van der Waals surface area contributed by atoms with Gasteiger partial charge in [0.1, 0.15) is 0 Å². The van der Waals surface area contributed by atoms with Crippen molar-refractivity contribution in [1.29, 1.82) is 0 Å². The second-order valence-electron chi connectivity index (χ2n) is 6.39. The van der Waals surface area contributed by atoms with Gasteiger partial charge in [-0.05, 0) is 30.9 Å². The normalized spacial score (nSPS) is 16.1. The Hall–Kier alpha value is -1.71. The Bertz CT molecular complexity index is 494. The van der Waals surface area contributed by atoms with Gasteiger partial charge in [-0.3, -0.25) is 0 Å². The van der Waals surface area contributed by atoms with Crippen LogP contribution in [0, 0.1) is 5.92 Å². The third kappa shape index (κ3) is 3.69. The molecule has 0 unspecified atom stereocenters. The van der Waals surface area contributed by atoms with Gasteiger partial charge in [0.2, 0.25) is 0 Å². The minimum atomic E-state index is -0.901. The van der Waals surface area contributed by atoms with Gasteiger partial charge in [-0.15, -0.1) is 0 Å². The van der Waals surface area contributed by atoms with E-state index in [4.69, 9.17) is 5.73 Å². The van der Waals surface area contributed by atoms with Gasteiger partial charge in [-0.1, -0.05) is 39.2 Å². The molecule has 1 aliphatic rings. The van der Waals surface area contributed by atoms with Crippen LogP contribution in [0.1, 0.15) is 56.3 Å². The van der Waals surface area contributed by atoms with Crippen LogP contribution in [0.4, 0.5) is 11.4 Å². The molecule has 0 atom stereocenters. The summed E-state index contributed by atoms with van der Waals surface area (Å²) in [4.78, 5) is 13.8. The first kappa shape index (κ1) is 15.7. The Kier molecular flexibility index (Phi) is 5.10. The smallest absolute Gasteiger partial charge is 0.337 e. The molecule has 0 heterocycles. The van der Waals surface area contributed by atoms with E-state index in [1.807, 2.05) is 0 Å². The molecule has 116 valence electrons. The van der Waals surface area contributed by atoms with Crippen LogP contribution in [0.15, 0.2) is 18.2 Å². The highest BCUT2D eigenvalue weighted by atomic mass is 16.4. The van der Waals surface area contributed by atoms with Crippen molar-refractivity contribution < 1.29 is 9.90 Å². The zero-order valence-electron chi connectivity index (χ0n) is 13.0. The first-order valence-corrected chi connectivity index (χ1v) is 7.89. The highest BCUT2D eigenvalue weighted by Crippen LogP contribution is 2.34. The Morgan fingerprint density at radius 3 is 2.57 bits per heavy atom. The topological polar surface area (TPSA) is 66.6 Å². The number of carbonyl (C=O) groups is 1. The van der Waals surface area contributed by atoms with Crippen molar-refractivity contribution in [3.05, 3.63) is 23.8 Å². The summed E-state index contributed by atoms with van der Waals surface area (Å²) in [5.41, 5.74) is 7.74. The molecule has 3 N–H and O–H groups in total. The number of anilines is 2. The lowest BCUT2D eigenvalue weighted by Crippen LogP contribution is -2.40. The lowest BCUT2D eigenvalue weighted by molar-refractivity contribution is 0.0697. The average molecular weight is 290 g/mol. The summed E-state index contributed by atoms with van der Waals surface area (Å²) in [7, 11) is 0. The molecule has 1 aliphatic carbocycles. The molecular weight excluding hydrogens is 264 g/mol. The summed E-state index contributed by atoms with van der Waals surface area (Å²) in [5, 5.41) is 9.49. The molecule has 0 amide bonds. The van der Waals surface area contributed by atoms with Crippen LogP contribution >= 0.6 is 0 Å². The van der Waals surface area contributed by atoms with E-state index >= 15 is 0 Å². The monoisotopic (exact) mass is 290 g/mol. The first-order chi connectivity index (χ1) is 10.0. The number of hydrogen-bond donors (Lipinski definition) is 2. The summed E-state index contributed by atoms with van der Waals surface area (Å²) >= 11 is 0. The molecule has 0 aromatic heterocycles. The summed E-state index contributed by atoms with van der Waals surface area (Å²) in [6.07, 6.45) is 5.96. The summed E-state index contributed by atoms with van der Waals surface area (Å²) in [5.74, 6) is -0.435. The van der Waals surface area contributed by atoms with Gasteiger partial charge < -0.3 is 15.7 Å². The predicted octanol–water partition coefficient (Wildman–Crippen LogP) is 3.76. The van der Waals surface area contributed by atoms with Gasteiger partial charge in [0.05, 0.1) is 16.9 Å². The van der Waals surface area contributed by atoms with E-state index in [0.717, 1.165) is 19.4 Å². The van der Waals surface area contributed by atoms with Crippen LogP contribution in [-0.4, -0.2) is 23.7 Å². The number of nitrogens with zero attached hydrogens (tertiary/aromatic N) is 1. The summed E-state index contributed by atoms with van der Waals surface area (Å²) in [6.45, 7) is 5.17. The predicted molar refractivity (Wildman–Crippen MR) is 86.9 cm³/mol. The van der Waals surface area contributed by atoms with Crippen molar-refractivity contribution in [2.24, 2.45) is 5.92 Å². The fourth-order valence-corrected chi connectivity index (χ4v) is 3.26. The van der Waals surface area contributed by atoms with Crippen LogP contribution < -0.4 is 10.6 Å². The zero-order valence-corrected chi connectivity index (χ0v) is 13.0. The van der Waals surface area contributed by atoms with Crippen molar-refractivity contribution in [2.75, 3.05) is 17.2 Å². The van der Waals surface area contributed by atoms with E-state index in [2.05, 4.69) is 18.7 Å². The van der Waals surface area contributed by atoms with Crippen LogP contribution in [0.3, 0.4) is 0 Å². The Balaban J connectivity index is 2.42. The van der Waals surface area contributed by atoms with E-state index in [1.165, 1.54) is 19.3 Å². The number of hydrogen-bond acceptors (Lipinski definition) is 3. The lowest BCUT2D eigenvalue weighted by atomic mass is 9.92. The second-order valence-corrected chi connectivity index (χ2v) is 6.39. The van der Waals surface area contributed by atoms with Gasteiger partial charge >= 0.3 is 5.97 Å². The molecular formula is C17H26N2O2. The molecule has 0 aliphatic heterocycles.